The topological polar surface area (TPSA) is 168 Å². The maximum Gasteiger partial charge on any atom is 0.407 e. The van der Waals surface area contributed by atoms with Crippen LogP contribution in [0.1, 0.15) is 75.5 Å². The quantitative estimate of drug-likeness (QED) is 0.233. The van der Waals surface area contributed by atoms with Gasteiger partial charge in [-0.3, -0.25) is 14.6 Å². The van der Waals surface area contributed by atoms with Crippen LogP contribution < -0.4 is 10.6 Å². The molecule has 4 atom stereocenters. The Morgan fingerprint density at radius 3 is 1.93 bits per heavy atom. The van der Waals surface area contributed by atoms with Gasteiger partial charge in [0.15, 0.2) is 0 Å². The third-order valence-corrected chi connectivity index (χ3v) is 10.6. The van der Waals surface area contributed by atoms with Crippen LogP contribution in [0.25, 0.3) is 16.8 Å². The van der Waals surface area contributed by atoms with Crippen molar-refractivity contribution in [3.05, 3.63) is 83.4 Å². The Morgan fingerprint density at radius 2 is 1.37 bits per heavy atom. The molecule has 0 bridgehead atoms. The molecule has 14 heteroatoms. The van der Waals surface area contributed by atoms with E-state index < -0.39 is 24.3 Å². The molecule has 3 aliphatic heterocycles. The van der Waals surface area contributed by atoms with Crippen molar-refractivity contribution in [3.63, 3.8) is 0 Å². The first kappa shape index (κ1) is 40.7. The number of nitrogens with zero attached hydrogens (tertiary/aromatic N) is 4. The lowest BCUT2D eigenvalue weighted by Gasteiger charge is -2.38. The number of imidazole rings is 1. The van der Waals surface area contributed by atoms with Gasteiger partial charge in [0.25, 0.3) is 0 Å². The van der Waals surface area contributed by atoms with Crippen molar-refractivity contribution in [2.75, 3.05) is 40.5 Å². The van der Waals surface area contributed by atoms with Crippen LogP contribution in [0, 0.1) is 23.7 Å². The zero-order valence-electron chi connectivity index (χ0n) is 33.3. The summed E-state index contributed by atoms with van der Waals surface area (Å²) in [7, 11) is 2.57. The second-order valence-electron chi connectivity index (χ2n) is 15.1. The molecule has 3 aliphatic rings. The van der Waals surface area contributed by atoms with Gasteiger partial charge in [0.05, 0.1) is 51.4 Å². The van der Waals surface area contributed by atoms with Crippen LogP contribution in [0.4, 0.5) is 9.59 Å². The molecule has 1 unspecified atom stereocenters. The second kappa shape index (κ2) is 18.3. The average Bonchev–Trinajstić information content (AvgIpc) is 4.03. The summed E-state index contributed by atoms with van der Waals surface area (Å²) in [6, 6.07) is 14.0. The number of hydrogen-bond acceptors (Lipinski definition) is 9. The molecular weight excluding hydrogens is 727 g/mol. The highest BCUT2D eigenvalue weighted by Crippen LogP contribution is 2.33. The number of carbonyl (C=O) groups excluding carboxylic acids is 4. The minimum absolute atomic E-state index is 0.108. The van der Waals surface area contributed by atoms with Gasteiger partial charge in [-0.25, -0.2) is 14.6 Å². The number of benzene rings is 2. The molecule has 4 heterocycles. The Bertz CT molecular complexity index is 2060. The molecule has 300 valence electrons. The molecule has 2 aromatic carbocycles. The van der Waals surface area contributed by atoms with Crippen LogP contribution in [0.15, 0.2) is 65.9 Å². The molecule has 2 fully saturated rings. The highest BCUT2D eigenvalue weighted by Gasteiger charge is 2.39. The van der Waals surface area contributed by atoms with Gasteiger partial charge in [0.2, 0.25) is 11.8 Å². The van der Waals surface area contributed by atoms with Crippen LogP contribution in [0.5, 0.6) is 0 Å². The third kappa shape index (κ3) is 9.55. The van der Waals surface area contributed by atoms with Crippen molar-refractivity contribution in [2.24, 2.45) is 16.8 Å². The molecule has 14 nitrogen and oxygen atoms in total. The minimum atomic E-state index is -0.722. The SMILES string of the molecule is COC(=O)NC(C(=O)N1CCC[C@H]1c1ncc(-c2ccc(C#Cc3ccc(C4=CN=C([C@@H]5COCCN5C(=O)[C@@H](NC(=O)OC)C(C)C)C4)cc3)cc2)[nH]1)C(C)C. The number of methoxy groups -OCH3 is 2. The van der Waals surface area contributed by atoms with Crippen molar-refractivity contribution >= 4 is 35.3 Å². The smallest absolute Gasteiger partial charge is 0.407 e. The normalized spacial score (nSPS) is 18.9. The van der Waals surface area contributed by atoms with Crippen LogP contribution in [0.2, 0.25) is 0 Å². The molecule has 4 amide bonds. The van der Waals surface area contributed by atoms with Gasteiger partial charge in [0.1, 0.15) is 17.9 Å². The number of carbonyl (C=O) groups is 4. The summed E-state index contributed by atoms with van der Waals surface area (Å²) in [5, 5.41) is 5.37. The van der Waals surface area contributed by atoms with Crippen LogP contribution in [-0.2, 0) is 23.8 Å². The Kier molecular flexibility index (Phi) is 13.1. The largest absolute Gasteiger partial charge is 0.453 e. The lowest BCUT2D eigenvalue weighted by Crippen LogP contribution is -2.59. The Balaban J connectivity index is 1.05. The first-order valence-electron chi connectivity index (χ1n) is 19.4. The molecule has 3 N–H and O–H groups in total. The van der Waals surface area contributed by atoms with E-state index in [9.17, 15) is 19.2 Å². The van der Waals surface area contributed by atoms with E-state index in [0.717, 1.165) is 52.1 Å². The van der Waals surface area contributed by atoms with Gasteiger partial charge in [-0.1, -0.05) is 63.8 Å². The molecular formula is C43H51N7O7. The number of aromatic amines is 1. The molecule has 1 aromatic heterocycles. The second-order valence-corrected chi connectivity index (χ2v) is 15.1. The molecule has 0 spiro atoms. The summed E-state index contributed by atoms with van der Waals surface area (Å²) in [6.45, 7) is 9.32. The van der Waals surface area contributed by atoms with Gasteiger partial charge in [-0.15, -0.1) is 0 Å². The molecule has 6 rings (SSSR count). The van der Waals surface area contributed by atoms with Crippen LogP contribution in [0.3, 0.4) is 0 Å². The highest BCUT2D eigenvalue weighted by molar-refractivity contribution is 6.03. The summed E-state index contributed by atoms with van der Waals surface area (Å²) in [5.41, 5.74) is 6.42. The minimum Gasteiger partial charge on any atom is -0.453 e. The number of allylic oxidation sites excluding steroid dienone is 1. The van der Waals surface area contributed by atoms with Crippen LogP contribution in [-0.4, -0.2) is 108 Å². The highest BCUT2D eigenvalue weighted by atomic mass is 16.5. The molecule has 2 saturated heterocycles. The zero-order chi connectivity index (χ0) is 40.6. The number of alkyl carbamates (subject to hydrolysis) is 2. The Labute approximate surface area is 333 Å². The molecule has 0 aliphatic carbocycles. The van der Waals surface area contributed by atoms with E-state index in [2.05, 4.69) is 32.4 Å². The Morgan fingerprint density at radius 1 is 0.807 bits per heavy atom. The fraction of sp³-hybridized carbons (Fsp3) is 0.442. The molecule has 0 radical (unpaired) electrons. The first-order valence-corrected chi connectivity index (χ1v) is 19.4. The number of amides is 4. The monoisotopic (exact) mass is 777 g/mol. The van der Waals surface area contributed by atoms with Gasteiger partial charge >= 0.3 is 12.2 Å². The summed E-state index contributed by atoms with van der Waals surface area (Å²) in [6.07, 6.45) is 4.56. The fourth-order valence-electron chi connectivity index (χ4n) is 7.34. The van der Waals surface area contributed by atoms with E-state index >= 15 is 0 Å². The van der Waals surface area contributed by atoms with E-state index in [1.807, 2.05) is 82.4 Å². The number of rotatable bonds is 10. The third-order valence-electron chi connectivity index (χ3n) is 10.6. The zero-order valence-corrected chi connectivity index (χ0v) is 33.3. The number of likely N-dealkylation sites (tertiary alicyclic amines) is 1. The molecule has 57 heavy (non-hydrogen) atoms. The molecule has 3 aromatic rings. The first-order chi connectivity index (χ1) is 27.5. The van der Waals surface area contributed by atoms with Crippen molar-refractivity contribution in [3.8, 4) is 23.1 Å². The lowest BCUT2D eigenvalue weighted by atomic mass is 9.96. The predicted octanol–water partition coefficient (Wildman–Crippen LogP) is 5.31. The van der Waals surface area contributed by atoms with E-state index in [-0.39, 0.29) is 35.7 Å². The van der Waals surface area contributed by atoms with Crippen LogP contribution >= 0.6 is 0 Å². The van der Waals surface area contributed by atoms with Gasteiger partial charge in [-0.05, 0) is 65.6 Å². The average molecular weight is 778 g/mol. The number of H-pyrrole nitrogens is 1. The number of ether oxygens (including phenoxy) is 3. The number of morpholine rings is 1. The van der Waals surface area contributed by atoms with Crippen molar-refractivity contribution in [2.45, 2.75) is 71.1 Å². The summed E-state index contributed by atoms with van der Waals surface area (Å²) in [4.78, 5) is 67.4. The van der Waals surface area contributed by atoms with E-state index in [1.54, 1.807) is 16.0 Å². The van der Waals surface area contributed by atoms with Gasteiger partial charge in [0, 0.05) is 42.5 Å². The van der Waals surface area contributed by atoms with Crippen molar-refractivity contribution < 1.29 is 33.4 Å². The van der Waals surface area contributed by atoms with Gasteiger partial charge in [-0.2, -0.15) is 0 Å². The molecule has 0 saturated carbocycles. The maximum atomic E-state index is 13.6. The Hall–Kier alpha value is -5.94. The van der Waals surface area contributed by atoms with Crippen molar-refractivity contribution in [1.29, 1.82) is 0 Å². The number of nitrogens with one attached hydrogen (secondary N) is 3. The number of hydrogen-bond donors (Lipinski definition) is 3. The van der Waals surface area contributed by atoms with Crippen molar-refractivity contribution in [1.82, 2.24) is 30.4 Å². The van der Waals surface area contributed by atoms with E-state index in [0.29, 0.717) is 38.5 Å². The summed E-state index contributed by atoms with van der Waals surface area (Å²) in [5.74, 6) is 6.65. The summed E-state index contributed by atoms with van der Waals surface area (Å²) < 4.78 is 15.3. The lowest BCUT2D eigenvalue weighted by molar-refractivity contribution is -0.140. The standard InChI is InChI=1S/C43H51N7O7/c1-26(2)37(47-42(53)55-5)40(51)49-19-7-8-35(49)39-45-24-34(46-39)31-17-13-29(14-18-31)10-9-28-11-15-30(16-12-28)32-22-33(44-23-32)36-25-57-21-20-50(36)41(52)38(27(3)4)48-43(54)56-6/h11-18,23-24,26-27,35-38H,7-8,19-22,25H2,1-6H3,(H,45,46)(H,47,53)(H,48,54)/t35-,36-,37?,38-/m0/s1. The maximum absolute atomic E-state index is 13.6. The number of aliphatic imine (C=N–C) groups is 1. The predicted molar refractivity (Wildman–Crippen MR) is 215 cm³/mol. The fourth-order valence-corrected chi connectivity index (χ4v) is 7.34. The van der Waals surface area contributed by atoms with Gasteiger partial charge < -0.3 is 39.6 Å². The van der Waals surface area contributed by atoms with E-state index in [1.165, 1.54) is 14.2 Å². The number of aromatic nitrogens is 2. The van der Waals surface area contributed by atoms with E-state index in [4.69, 9.17) is 19.2 Å². The summed E-state index contributed by atoms with van der Waals surface area (Å²) >= 11 is 0.